The lowest BCUT2D eigenvalue weighted by molar-refractivity contribution is 0.0218. The fourth-order valence-corrected chi connectivity index (χ4v) is 3.25. The predicted octanol–water partition coefficient (Wildman–Crippen LogP) is 4.85. The summed E-state index contributed by atoms with van der Waals surface area (Å²) in [4.78, 5) is 0. The lowest BCUT2D eigenvalue weighted by atomic mass is 9.83. The van der Waals surface area contributed by atoms with E-state index in [9.17, 15) is 9.50 Å². The molecular formula is C16H22BrFO. The van der Waals surface area contributed by atoms with E-state index in [1.54, 1.807) is 6.07 Å². The highest BCUT2D eigenvalue weighted by Crippen LogP contribution is 2.39. The van der Waals surface area contributed by atoms with Gasteiger partial charge in [-0.15, -0.1) is 0 Å². The summed E-state index contributed by atoms with van der Waals surface area (Å²) in [5.74, 6) is -0.230. The van der Waals surface area contributed by atoms with E-state index < -0.39 is 5.60 Å². The minimum absolute atomic E-state index is 0.230. The van der Waals surface area contributed by atoms with Crippen LogP contribution < -0.4 is 0 Å². The number of rotatable bonds is 2. The van der Waals surface area contributed by atoms with Crippen molar-refractivity contribution in [1.29, 1.82) is 0 Å². The molecule has 1 aromatic carbocycles. The number of halogens is 2. The molecule has 1 N–H and O–H groups in total. The van der Waals surface area contributed by atoms with Gasteiger partial charge < -0.3 is 5.11 Å². The minimum atomic E-state index is -0.748. The first-order valence-electron chi connectivity index (χ1n) is 6.96. The molecule has 0 saturated heterocycles. The van der Waals surface area contributed by atoms with Crippen LogP contribution in [0.15, 0.2) is 22.7 Å². The van der Waals surface area contributed by atoms with E-state index in [-0.39, 0.29) is 5.82 Å². The Kier molecular flexibility index (Phi) is 4.36. The molecule has 1 atom stereocenters. The molecule has 19 heavy (non-hydrogen) atoms. The van der Waals surface area contributed by atoms with Gasteiger partial charge in [0, 0.05) is 10.9 Å². The lowest BCUT2D eigenvalue weighted by Crippen LogP contribution is -2.31. The molecule has 0 spiro atoms. The Hall–Kier alpha value is -0.410. The molecule has 1 fully saturated rings. The molecule has 0 bridgehead atoms. The SMILES string of the molecule is CC1(C)CCCC(O)(Cc2ccc(Br)cc2F)CC1. The highest BCUT2D eigenvalue weighted by molar-refractivity contribution is 9.10. The van der Waals surface area contributed by atoms with Crippen LogP contribution in [0.25, 0.3) is 0 Å². The number of hydrogen-bond acceptors (Lipinski definition) is 1. The van der Waals surface area contributed by atoms with E-state index >= 15 is 0 Å². The normalized spacial score (nSPS) is 27.0. The summed E-state index contributed by atoms with van der Waals surface area (Å²) in [5.41, 5.74) is 0.163. The quantitative estimate of drug-likeness (QED) is 0.769. The van der Waals surface area contributed by atoms with Crippen molar-refractivity contribution in [3.8, 4) is 0 Å². The molecule has 1 aromatic rings. The van der Waals surface area contributed by atoms with Gasteiger partial charge in [0.25, 0.3) is 0 Å². The van der Waals surface area contributed by atoms with Gasteiger partial charge in [-0.25, -0.2) is 4.39 Å². The summed E-state index contributed by atoms with van der Waals surface area (Å²) in [6.07, 6.45) is 5.10. The zero-order chi connectivity index (χ0) is 14.1. The predicted molar refractivity (Wildman–Crippen MR) is 79.6 cm³/mol. The second-order valence-corrected chi connectivity index (χ2v) is 7.57. The first-order chi connectivity index (χ1) is 8.80. The molecule has 1 unspecified atom stereocenters. The maximum atomic E-state index is 13.9. The number of aliphatic hydroxyl groups is 1. The van der Waals surface area contributed by atoms with Crippen LogP contribution in [0.1, 0.15) is 51.5 Å². The fourth-order valence-electron chi connectivity index (χ4n) is 2.91. The summed E-state index contributed by atoms with van der Waals surface area (Å²) < 4.78 is 14.6. The number of hydrogen-bond donors (Lipinski definition) is 1. The first-order valence-corrected chi connectivity index (χ1v) is 7.75. The van der Waals surface area contributed by atoms with E-state index in [2.05, 4.69) is 29.8 Å². The molecule has 1 aliphatic rings. The van der Waals surface area contributed by atoms with Crippen molar-refractivity contribution in [2.45, 2.75) is 58.0 Å². The Morgan fingerprint density at radius 2 is 1.95 bits per heavy atom. The fraction of sp³-hybridized carbons (Fsp3) is 0.625. The standard InChI is InChI=1S/C16H22BrFO/c1-15(2)6-3-7-16(19,9-8-15)11-12-4-5-13(17)10-14(12)18/h4-5,10,19H,3,6-9,11H2,1-2H3. The molecule has 0 radical (unpaired) electrons. The van der Waals surface area contributed by atoms with Crippen LogP contribution in [0.4, 0.5) is 4.39 Å². The third-order valence-corrected chi connectivity index (χ3v) is 4.79. The summed E-state index contributed by atoms with van der Waals surface area (Å²) in [6.45, 7) is 4.50. The number of benzene rings is 1. The molecule has 0 amide bonds. The maximum absolute atomic E-state index is 13.9. The van der Waals surface area contributed by atoms with Crippen LogP contribution in [-0.4, -0.2) is 10.7 Å². The third kappa shape index (κ3) is 4.03. The van der Waals surface area contributed by atoms with Gasteiger partial charge in [-0.3, -0.25) is 0 Å². The Morgan fingerprint density at radius 1 is 1.21 bits per heavy atom. The Labute approximate surface area is 123 Å². The van der Waals surface area contributed by atoms with Gasteiger partial charge in [-0.1, -0.05) is 42.3 Å². The molecule has 1 nitrogen and oxygen atoms in total. The van der Waals surface area contributed by atoms with Crippen LogP contribution in [0, 0.1) is 11.2 Å². The van der Waals surface area contributed by atoms with Gasteiger partial charge in [-0.2, -0.15) is 0 Å². The molecule has 0 heterocycles. The molecule has 0 aliphatic heterocycles. The van der Waals surface area contributed by atoms with E-state index in [0.717, 1.165) is 36.6 Å². The highest BCUT2D eigenvalue weighted by atomic mass is 79.9. The van der Waals surface area contributed by atoms with Crippen LogP contribution in [0.5, 0.6) is 0 Å². The van der Waals surface area contributed by atoms with Crippen molar-refractivity contribution in [2.24, 2.45) is 5.41 Å². The van der Waals surface area contributed by atoms with E-state index in [4.69, 9.17) is 0 Å². The van der Waals surface area contributed by atoms with Crippen molar-refractivity contribution in [2.75, 3.05) is 0 Å². The Morgan fingerprint density at radius 3 is 2.63 bits per heavy atom. The lowest BCUT2D eigenvalue weighted by Gasteiger charge is -2.28. The second-order valence-electron chi connectivity index (χ2n) is 6.65. The average molecular weight is 329 g/mol. The second kappa shape index (κ2) is 5.53. The smallest absolute Gasteiger partial charge is 0.127 e. The molecule has 1 aliphatic carbocycles. The van der Waals surface area contributed by atoms with Gasteiger partial charge in [0.1, 0.15) is 5.82 Å². The molecule has 0 aromatic heterocycles. The summed E-state index contributed by atoms with van der Waals surface area (Å²) in [5, 5.41) is 10.8. The molecule has 106 valence electrons. The highest BCUT2D eigenvalue weighted by Gasteiger charge is 2.34. The van der Waals surface area contributed by atoms with Gasteiger partial charge in [0.2, 0.25) is 0 Å². The first kappa shape index (κ1) is 15.0. The van der Waals surface area contributed by atoms with Crippen LogP contribution in [-0.2, 0) is 6.42 Å². The Bertz CT molecular complexity index is 458. The van der Waals surface area contributed by atoms with E-state index in [1.165, 1.54) is 6.07 Å². The summed E-state index contributed by atoms with van der Waals surface area (Å²) in [7, 11) is 0. The van der Waals surface area contributed by atoms with Crippen LogP contribution >= 0.6 is 15.9 Å². The van der Waals surface area contributed by atoms with Crippen LogP contribution in [0.2, 0.25) is 0 Å². The molecule has 1 saturated carbocycles. The van der Waals surface area contributed by atoms with Gasteiger partial charge in [-0.05, 0) is 48.8 Å². The van der Waals surface area contributed by atoms with Gasteiger partial charge in [0.15, 0.2) is 0 Å². The van der Waals surface area contributed by atoms with Gasteiger partial charge >= 0.3 is 0 Å². The average Bonchev–Trinajstić information content (AvgIpc) is 2.43. The van der Waals surface area contributed by atoms with Crippen LogP contribution in [0.3, 0.4) is 0 Å². The van der Waals surface area contributed by atoms with E-state index in [0.29, 0.717) is 17.4 Å². The van der Waals surface area contributed by atoms with Crippen molar-refractivity contribution < 1.29 is 9.50 Å². The third-order valence-electron chi connectivity index (χ3n) is 4.30. The summed E-state index contributed by atoms with van der Waals surface area (Å²) >= 11 is 3.26. The Balaban J connectivity index is 2.12. The largest absolute Gasteiger partial charge is 0.390 e. The molecule has 2 rings (SSSR count). The van der Waals surface area contributed by atoms with Crippen molar-refractivity contribution >= 4 is 15.9 Å². The maximum Gasteiger partial charge on any atom is 0.127 e. The molecular weight excluding hydrogens is 307 g/mol. The zero-order valence-electron chi connectivity index (χ0n) is 11.7. The van der Waals surface area contributed by atoms with Gasteiger partial charge in [0.05, 0.1) is 5.60 Å². The van der Waals surface area contributed by atoms with E-state index in [1.807, 2.05) is 6.07 Å². The topological polar surface area (TPSA) is 20.2 Å². The molecule has 3 heteroatoms. The van der Waals surface area contributed by atoms with Crippen molar-refractivity contribution in [1.82, 2.24) is 0 Å². The van der Waals surface area contributed by atoms with Crippen molar-refractivity contribution in [3.63, 3.8) is 0 Å². The monoisotopic (exact) mass is 328 g/mol. The zero-order valence-corrected chi connectivity index (χ0v) is 13.3. The van der Waals surface area contributed by atoms with Crippen molar-refractivity contribution in [3.05, 3.63) is 34.1 Å². The minimum Gasteiger partial charge on any atom is -0.390 e. The summed E-state index contributed by atoms with van der Waals surface area (Å²) in [6, 6.07) is 5.08.